The summed E-state index contributed by atoms with van der Waals surface area (Å²) in [5.74, 6) is 1.38. The zero-order valence-electron chi connectivity index (χ0n) is 21.7. The van der Waals surface area contributed by atoms with Crippen molar-refractivity contribution in [1.82, 2.24) is 34.7 Å². The lowest BCUT2D eigenvalue weighted by Crippen LogP contribution is -2.42. The van der Waals surface area contributed by atoms with Crippen molar-refractivity contribution in [1.29, 1.82) is 0 Å². The Morgan fingerprint density at radius 1 is 1.19 bits per heavy atom. The molecule has 1 aliphatic rings. The highest BCUT2D eigenvalue weighted by atomic mass is 16.5. The number of piperidine rings is 1. The van der Waals surface area contributed by atoms with Crippen LogP contribution in [0, 0.1) is 0 Å². The zero-order chi connectivity index (χ0) is 25.4. The summed E-state index contributed by atoms with van der Waals surface area (Å²) in [6, 6.07) is 6.25. The molecule has 0 bridgehead atoms. The smallest absolute Gasteiger partial charge is 0.197 e. The second-order valence-corrected chi connectivity index (χ2v) is 10.7. The number of hydrogen-bond acceptors (Lipinski definition) is 7. The van der Waals surface area contributed by atoms with E-state index >= 15 is 0 Å². The molecule has 1 fully saturated rings. The number of nitrogens with zero attached hydrogens (tertiary/aromatic N) is 6. The molecule has 4 aromatic heterocycles. The van der Waals surface area contributed by atoms with Crippen LogP contribution in [0.15, 0.2) is 36.9 Å². The van der Waals surface area contributed by atoms with Gasteiger partial charge in [-0.05, 0) is 69.3 Å². The highest BCUT2D eigenvalue weighted by molar-refractivity contribution is 5.75. The van der Waals surface area contributed by atoms with Gasteiger partial charge in [0.25, 0.3) is 0 Å². The molecule has 36 heavy (non-hydrogen) atoms. The third-order valence-electron chi connectivity index (χ3n) is 6.93. The molecular weight excluding hydrogens is 454 g/mol. The molecule has 0 aliphatic carbocycles. The van der Waals surface area contributed by atoms with Gasteiger partial charge in [0.05, 0.1) is 24.1 Å². The van der Waals surface area contributed by atoms with Crippen molar-refractivity contribution in [2.45, 2.75) is 58.0 Å². The number of fused-ring (bicyclic) bond motifs is 1. The van der Waals surface area contributed by atoms with E-state index in [9.17, 15) is 5.11 Å². The summed E-state index contributed by atoms with van der Waals surface area (Å²) in [6.45, 7) is 10.8. The van der Waals surface area contributed by atoms with E-state index in [2.05, 4.69) is 51.2 Å². The first kappa shape index (κ1) is 24.4. The standard InChI is InChI=1S/C27H35N7O2/c1-17(2)23-24(20-12-22(36-5)26-29-16-30-34(26)14-20)31-32-25(23)21-7-6-19(13-28-21)18-8-10-33(11-9-18)15-27(3,4)35/h6-7,12-14,16-18,35H,8-11,15H2,1-5H3,(H,31,32). The number of aliphatic hydroxyl groups is 1. The maximum atomic E-state index is 10.1. The van der Waals surface area contributed by atoms with Gasteiger partial charge in [-0.15, -0.1) is 0 Å². The minimum Gasteiger partial charge on any atom is -0.493 e. The molecule has 0 atom stereocenters. The Labute approximate surface area is 211 Å². The summed E-state index contributed by atoms with van der Waals surface area (Å²) < 4.78 is 7.28. The fourth-order valence-electron chi connectivity index (χ4n) is 5.27. The number of methoxy groups -OCH3 is 1. The monoisotopic (exact) mass is 489 g/mol. The van der Waals surface area contributed by atoms with E-state index in [0.29, 0.717) is 23.9 Å². The summed E-state index contributed by atoms with van der Waals surface area (Å²) in [5.41, 5.74) is 5.99. The van der Waals surface area contributed by atoms with Gasteiger partial charge in [-0.1, -0.05) is 19.9 Å². The lowest BCUT2D eigenvalue weighted by molar-refractivity contribution is 0.0281. The number of nitrogens with one attached hydrogen (secondary N) is 1. The average Bonchev–Trinajstić information content (AvgIpc) is 3.50. The van der Waals surface area contributed by atoms with Crippen molar-refractivity contribution in [2.75, 3.05) is 26.7 Å². The number of β-amino-alcohol motifs (C(OH)–C–C–N with tert-alkyl or cyclic N) is 1. The average molecular weight is 490 g/mol. The molecule has 5 rings (SSSR count). The molecule has 4 aromatic rings. The topological polar surface area (TPSA) is 104 Å². The Morgan fingerprint density at radius 2 is 1.97 bits per heavy atom. The lowest BCUT2D eigenvalue weighted by atomic mass is 9.89. The number of pyridine rings is 2. The van der Waals surface area contributed by atoms with Gasteiger partial charge in [0.15, 0.2) is 11.4 Å². The van der Waals surface area contributed by atoms with Crippen LogP contribution in [-0.4, -0.2) is 72.1 Å². The molecule has 0 radical (unpaired) electrons. The summed E-state index contributed by atoms with van der Waals surface area (Å²) in [4.78, 5) is 11.5. The Bertz CT molecular complexity index is 1330. The highest BCUT2D eigenvalue weighted by Gasteiger charge is 2.26. The molecular formula is C27H35N7O2. The summed E-state index contributed by atoms with van der Waals surface area (Å²) in [6.07, 6.45) is 7.62. The van der Waals surface area contributed by atoms with Crippen LogP contribution in [0.4, 0.5) is 0 Å². The molecule has 190 valence electrons. The van der Waals surface area contributed by atoms with Crippen molar-refractivity contribution in [3.8, 4) is 28.4 Å². The van der Waals surface area contributed by atoms with E-state index in [1.807, 2.05) is 32.3 Å². The second kappa shape index (κ2) is 9.63. The number of rotatable bonds is 7. The van der Waals surface area contributed by atoms with Gasteiger partial charge in [-0.2, -0.15) is 10.2 Å². The van der Waals surface area contributed by atoms with E-state index in [4.69, 9.17) is 9.72 Å². The number of aromatic amines is 1. The van der Waals surface area contributed by atoms with Crippen LogP contribution < -0.4 is 4.74 Å². The van der Waals surface area contributed by atoms with Crippen molar-refractivity contribution in [2.24, 2.45) is 0 Å². The molecule has 0 aromatic carbocycles. The zero-order valence-corrected chi connectivity index (χ0v) is 21.7. The van der Waals surface area contributed by atoms with Crippen LogP contribution in [0.2, 0.25) is 0 Å². The van der Waals surface area contributed by atoms with Crippen LogP contribution in [-0.2, 0) is 0 Å². The number of H-pyrrole nitrogens is 1. The fraction of sp³-hybridized carbons (Fsp3) is 0.481. The van der Waals surface area contributed by atoms with Crippen LogP contribution in [0.3, 0.4) is 0 Å². The molecule has 0 amide bonds. The predicted molar refractivity (Wildman–Crippen MR) is 139 cm³/mol. The molecule has 0 saturated carbocycles. The van der Waals surface area contributed by atoms with Crippen molar-refractivity contribution in [3.63, 3.8) is 0 Å². The Kier molecular flexibility index (Phi) is 6.53. The van der Waals surface area contributed by atoms with E-state index in [1.165, 1.54) is 11.9 Å². The SMILES string of the molecule is COc1cc(-c2[nH]nc(-c3ccc(C4CCN(CC(C)(C)O)CC4)cn3)c2C(C)C)cn2ncnc12. The largest absolute Gasteiger partial charge is 0.493 e. The summed E-state index contributed by atoms with van der Waals surface area (Å²) in [7, 11) is 1.64. The van der Waals surface area contributed by atoms with Gasteiger partial charge in [0.1, 0.15) is 12.0 Å². The number of ether oxygens (including phenoxy) is 1. The number of likely N-dealkylation sites (tertiary alicyclic amines) is 1. The quantitative estimate of drug-likeness (QED) is 0.400. The number of hydrogen-bond donors (Lipinski definition) is 2. The first-order valence-electron chi connectivity index (χ1n) is 12.6. The Morgan fingerprint density at radius 3 is 2.61 bits per heavy atom. The third-order valence-corrected chi connectivity index (χ3v) is 6.93. The summed E-state index contributed by atoms with van der Waals surface area (Å²) >= 11 is 0. The minimum absolute atomic E-state index is 0.229. The molecule has 9 heteroatoms. The number of aromatic nitrogens is 6. The van der Waals surface area contributed by atoms with Crippen molar-refractivity contribution >= 4 is 5.65 Å². The molecule has 2 N–H and O–H groups in total. The van der Waals surface area contributed by atoms with Gasteiger partial charge in [-0.3, -0.25) is 10.1 Å². The van der Waals surface area contributed by atoms with Crippen LogP contribution >= 0.6 is 0 Å². The van der Waals surface area contributed by atoms with Gasteiger partial charge in [0.2, 0.25) is 0 Å². The first-order chi connectivity index (χ1) is 17.2. The minimum atomic E-state index is -0.654. The Hall–Kier alpha value is -3.30. The van der Waals surface area contributed by atoms with Crippen LogP contribution in [0.25, 0.3) is 28.3 Å². The maximum absolute atomic E-state index is 10.1. The molecule has 5 heterocycles. The van der Waals surface area contributed by atoms with E-state index in [-0.39, 0.29) is 5.92 Å². The molecule has 0 unspecified atom stereocenters. The Balaban J connectivity index is 1.39. The molecule has 1 aliphatic heterocycles. The normalized spacial score (nSPS) is 15.8. The van der Waals surface area contributed by atoms with Gasteiger partial charge < -0.3 is 14.7 Å². The van der Waals surface area contributed by atoms with Crippen LogP contribution in [0.1, 0.15) is 63.5 Å². The van der Waals surface area contributed by atoms with Gasteiger partial charge in [-0.25, -0.2) is 9.50 Å². The second-order valence-electron chi connectivity index (χ2n) is 10.7. The molecule has 0 spiro atoms. The highest BCUT2D eigenvalue weighted by Crippen LogP contribution is 2.37. The van der Waals surface area contributed by atoms with Crippen molar-refractivity contribution < 1.29 is 9.84 Å². The van der Waals surface area contributed by atoms with Gasteiger partial charge in [0, 0.05) is 30.1 Å². The first-order valence-corrected chi connectivity index (χ1v) is 12.6. The van der Waals surface area contributed by atoms with Gasteiger partial charge >= 0.3 is 0 Å². The third kappa shape index (κ3) is 4.85. The van der Waals surface area contributed by atoms with E-state index in [0.717, 1.165) is 54.1 Å². The predicted octanol–water partition coefficient (Wildman–Crippen LogP) is 4.26. The summed E-state index contributed by atoms with van der Waals surface area (Å²) in [5, 5.41) is 22.3. The molecule has 1 saturated heterocycles. The maximum Gasteiger partial charge on any atom is 0.197 e. The lowest BCUT2D eigenvalue weighted by Gasteiger charge is -2.35. The van der Waals surface area contributed by atoms with E-state index in [1.54, 1.807) is 11.6 Å². The van der Waals surface area contributed by atoms with Crippen LogP contribution in [0.5, 0.6) is 5.75 Å². The molecule has 9 nitrogen and oxygen atoms in total. The van der Waals surface area contributed by atoms with Crippen molar-refractivity contribution in [3.05, 3.63) is 48.0 Å². The van der Waals surface area contributed by atoms with E-state index < -0.39 is 5.60 Å². The fourth-order valence-corrected chi connectivity index (χ4v) is 5.27.